The van der Waals surface area contributed by atoms with E-state index >= 15 is 0 Å². The number of carbonyl (C=O) groups excluding carboxylic acids is 1. The van der Waals surface area contributed by atoms with Gasteiger partial charge in [-0.1, -0.05) is 25.4 Å². The van der Waals surface area contributed by atoms with E-state index in [-0.39, 0.29) is 24.0 Å². The number of hydrogen-bond donors (Lipinski definition) is 0. The Balaban J connectivity index is 2.05. The molecule has 0 atom stereocenters. The van der Waals surface area contributed by atoms with E-state index in [0.717, 1.165) is 21.9 Å². The molecule has 2 rings (SSSR count). The zero-order chi connectivity index (χ0) is 17.2. The number of amides is 1. The van der Waals surface area contributed by atoms with E-state index in [0.29, 0.717) is 19.7 Å². The molecule has 0 bridgehead atoms. The SMILES string of the molecule is Cc1cc(OCC(=O)N2CCOC(C)(C)C2)c(C(C)C)cc1Cl. The van der Waals surface area contributed by atoms with Gasteiger partial charge in [0.1, 0.15) is 5.75 Å². The summed E-state index contributed by atoms with van der Waals surface area (Å²) in [6.07, 6.45) is 0. The van der Waals surface area contributed by atoms with Crippen LogP contribution in [0.25, 0.3) is 0 Å². The lowest BCUT2D eigenvalue weighted by Crippen LogP contribution is -2.51. The standard InChI is InChI=1S/C18H26ClNO3/c1-12(2)14-9-15(19)13(3)8-16(14)22-10-17(21)20-6-7-23-18(4,5)11-20/h8-9,12H,6-7,10-11H2,1-5H3. The van der Waals surface area contributed by atoms with Crippen molar-refractivity contribution in [3.8, 4) is 5.75 Å². The first-order chi connectivity index (χ1) is 10.7. The normalized spacial score (nSPS) is 17.4. The summed E-state index contributed by atoms with van der Waals surface area (Å²) < 4.78 is 11.5. The summed E-state index contributed by atoms with van der Waals surface area (Å²) in [5.74, 6) is 1.01. The van der Waals surface area contributed by atoms with E-state index in [4.69, 9.17) is 21.1 Å². The highest BCUT2D eigenvalue weighted by Gasteiger charge is 2.30. The first-order valence-electron chi connectivity index (χ1n) is 8.04. The van der Waals surface area contributed by atoms with Gasteiger partial charge in [-0.05, 0) is 49.9 Å². The molecule has 0 N–H and O–H groups in total. The molecular formula is C18H26ClNO3. The minimum atomic E-state index is -0.298. The van der Waals surface area contributed by atoms with Gasteiger partial charge in [-0.2, -0.15) is 0 Å². The van der Waals surface area contributed by atoms with Gasteiger partial charge in [-0.25, -0.2) is 0 Å². The monoisotopic (exact) mass is 339 g/mol. The fraction of sp³-hybridized carbons (Fsp3) is 0.611. The van der Waals surface area contributed by atoms with Crippen molar-refractivity contribution in [1.29, 1.82) is 0 Å². The third kappa shape index (κ3) is 4.61. The number of hydrogen-bond acceptors (Lipinski definition) is 3. The largest absolute Gasteiger partial charge is 0.483 e. The number of halogens is 1. The van der Waals surface area contributed by atoms with Crippen molar-refractivity contribution >= 4 is 17.5 Å². The molecule has 1 heterocycles. The van der Waals surface area contributed by atoms with E-state index in [1.165, 1.54) is 0 Å². The Hall–Kier alpha value is -1.26. The molecule has 0 saturated carbocycles. The smallest absolute Gasteiger partial charge is 0.260 e. The van der Waals surface area contributed by atoms with Gasteiger partial charge in [-0.3, -0.25) is 4.79 Å². The molecule has 1 aromatic rings. The third-order valence-corrected chi connectivity index (χ3v) is 4.45. The molecule has 0 aromatic heterocycles. The topological polar surface area (TPSA) is 38.8 Å². The van der Waals surface area contributed by atoms with Gasteiger partial charge in [0, 0.05) is 18.1 Å². The van der Waals surface area contributed by atoms with E-state index in [9.17, 15) is 4.79 Å². The summed E-state index contributed by atoms with van der Waals surface area (Å²) >= 11 is 6.20. The van der Waals surface area contributed by atoms with Gasteiger partial charge in [0.25, 0.3) is 5.91 Å². The lowest BCUT2D eigenvalue weighted by molar-refractivity contribution is -0.147. The van der Waals surface area contributed by atoms with Crippen molar-refractivity contribution in [3.63, 3.8) is 0 Å². The molecule has 0 spiro atoms. The average Bonchev–Trinajstić information content (AvgIpc) is 2.46. The second-order valence-electron chi connectivity index (χ2n) is 7.01. The fourth-order valence-electron chi connectivity index (χ4n) is 2.71. The Morgan fingerprint density at radius 1 is 1.43 bits per heavy atom. The summed E-state index contributed by atoms with van der Waals surface area (Å²) in [5, 5.41) is 0.724. The molecule has 128 valence electrons. The van der Waals surface area contributed by atoms with Crippen LogP contribution < -0.4 is 4.74 Å². The molecule has 1 aliphatic heterocycles. The summed E-state index contributed by atoms with van der Waals surface area (Å²) in [6.45, 7) is 11.9. The Bertz CT molecular complexity index is 584. The first kappa shape index (κ1) is 18.1. The van der Waals surface area contributed by atoms with E-state index in [2.05, 4.69) is 13.8 Å². The molecule has 23 heavy (non-hydrogen) atoms. The second kappa shape index (κ2) is 7.10. The maximum absolute atomic E-state index is 12.4. The van der Waals surface area contributed by atoms with Crippen molar-refractivity contribution in [1.82, 2.24) is 4.90 Å². The number of rotatable bonds is 4. The number of nitrogens with zero attached hydrogens (tertiary/aromatic N) is 1. The van der Waals surface area contributed by atoms with Gasteiger partial charge in [0.2, 0.25) is 0 Å². The van der Waals surface area contributed by atoms with E-state index < -0.39 is 0 Å². The van der Waals surface area contributed by atoms with Gasteiger partial charge >= 0.3 is 0 Å². The van der Waals surface area contributed by atoms with Crippen LogP contribution in [0.4, 0.5) is 0 Å². The van der Waals surface area contributed by atoms with Crippen LogP contribution in [-0.2, 0) is 9.53 Å². The van der Waals surface area contributed by atoms with E-state index in [1.54, 1.807) is 4.90 Å². The number of benzene rings is 1. The summed E-state index contributed by atoms with van der Waals surface area (Å²) in [5.41, 5.74) is 1.68. The van der Waals surface area contributed by atoms with Crippen molar-refractivity contribution in [3.05, 3.63) is 28.3 Å². The zero-order valence-electron chi connectivity index (χ0n) is 14.6. The van der Waals surface area contributed by atoms with Gasteiger partial charge < -0.3 is 14.4 Å². The van der Waals surface area contributed by atoms with Crippen LogP contribution >= 0.6 is 11.6 Å². The van der Waals surface area contributed by atoms with E-state index in [1.807, 2.05) is 32.9 Å². The predicted octanol–water partition coefficient (Wildman–Crippen LogP) is 3.79. The lowest BCUT2D eigenvalue weighted by atomic mass is 10.0. The van der Waals surface area contributed by atoms with Crippen LogP contribution in [0, 0.1) is 6.92 Å². The summed E-state index contributed by atoms with van der Waals surface area (Å²) in [4.78, 5) is 14.2. The molecule has 5 heteroatoms. The quantitative estimate of drug-likeness (QED) is 0.837. The zero-order valence-corrected chi connectivity index (χ0v) is 15.4. The maximum atomic E-state index is 12.4. The molecule has 1 fully saturated rings. The van der Waals surface area contributed by atoms with Crippen LogP contribution in [0.1, 0.15) is 44.7 Å². The minimum Gasteiger partial charge on any atom is -0.483 e. The van der Waals surface area contributed by atoms with Gasteiger partial charge in [-0.15, -0.1) is 0 Å². The summed E-state index contributed by atoms with van der Waals surface area (Å²) in [6, 6.07) is 3.84. The second-order valence-corrected chi connectivity index (χ2v) is 7.41. The van der Waals surface area contributed by atoms with Crippen molar-refractivity contribution < 1.29 is 14.3 Å². The molecule has 1 aromatic carbocycles. The number of carbonyl (C=O) groups is 1. The van der Waals surface area contributed by atoms with Crippen LogP contribution in [0.2, 0.25) is 5.02 Å². The van der Waals surface area contributed by atoms with Gasteiger partial charge in [0.05, 0.1) is 12.2 Å². The fourth-order valence-corrected chi connectivity index (χ4v) is 2.88. The molecule has 4 nitrogen and oxygen atoms in total. The molecule has 1 saturated heterocycles. The molecule has 0 unspecified atom stereocenters. The Kier molecular flexibility index (Phi) is 5.58. The first-order valence-corrected chi connectivity index (χ1v) is 8.42. The highest BCUT2D eigenvalue weighted by atomic mass is 35.5. The highest BCUT2D eigenvalue weighted by Crippen LogP contribution is 2.32. The van der Waals surface area contributed by atoms with Crippen LogP contribution in [-0.4, -0.2) is 42.7 Å². The summed E-state index contributed by atoms with van der Waals surface area (Å²) in [7, 11) is 0. The van der Waals surface area contributed by atoms with Crippen LogP contribution in [0.5, 0.6) is 5.75 Å². The van der Waals surface area contributed by atoms with Crippen molar-refractivity contribution in [2.45, 2.75) is 46.1 Å². The third-order valence-electron chi connectivity index (χ3n) is 4.04. The maximum Gasteiger partial charge on any atom is 0.260 e. The highest BCUT2D eigenvalue weighted by molar-refractivity contribution is 6.31. The van der Waals surface area contributed by atoms with Crippen molar-refractivity contribution in [2.75, 3.05) is 26.3 Å². The molecular weight excluding hydrogens is 314 g/mol. The molecule has 0 radical (unpaired) electrons. The average molecular weight is 340 g/mol. The molecule has 1 amide bonds. The number of ether oxygens (including phenoxy) is 2. The Morgan fingerprint density at radius 2 is 2.13 bits per heavy atom. The van der Waals surface area contributed by atoms with Crippen molar-refractivity contribution in [2.24, 2.45) is 0 Å². The number of aryl methyl sites for hydroxylation is 1. The molecule has 0 aliphatic carbocycles. The lowest BCUT2D eigenvalue weighted by Gasteiger charge is -2.38. The number of morpholine rings is 1. The minimum absolute atomic E-state index is 0.0105. The van der Waals surface area contributed by atoms with Crippen LogP contribution in [0.15, 0.2) is 12.1 Å². The molecule has 1 aliphatic rings. The predicted molar refractivity (Wildman–Crippen MR) is 92.4 cm³/mol. The van der Waals surface area contributed by atoms with Crippen LogP contribution in [0.3, 0.4) is 0 Å². The Labute approximate surface area is 143 Å². The van der Waals surface area contributed by atoms with Gasteiger partial charge in [0.15, 0.2) is 6.61 Å². The Morgan fingerprint density at radius 3 is 2.74 bits per heavy atom.